The number of aliphatic hydroxyl groups excluding tert-OH is 1. The van der Waals surface area contributed by atoms with E-state index < -0.39 is 43.5 Å². The number of nitrogens with two attached hydrogens (primary N) is 1. The normalized spacial score (nSPS) is 23.8. The smallest absolute Gasteiger partial charge is 0.243 e. The Morgan fingerprint density at radius 1 is 1.17 bits per heavy atom. The molecule has 0 amide bonds. The molecule has 1 fully saturated rings. The van der Waals surface area contributed by atoms with Crippen LogP contribution in [0.2, 0.25) is 0 Å². The Labute approximate surface area is 143 Å². The Morgan fingerprint density at radius 2 is 1.75 bits per heavy atom. The molecule has 1 aliphatic rings. The van der Waals surface area contributed by atoms with Gasteiger partial charge in [-0.15, -0.1) is 0 Å². The van der Waals surface area contributed by atoms with Gasteiger partial charge in [-0.1, -0.05) is 6.07 Å². The van der Waals surface area contributed by atoms with Gasteiger partial charge >= 0.3 is 0 Å². The molecular formula is C15H24N2O5S2. The first-order valence-electron chi connectivity index (χ1n) is 7.68. The van der Waals surface area contributed by atoms with Crippen LogP contribution >= 0.6 is 0 Å². The van der Waals surface area contributed by atoms with E-state index in [9.17, 15) is 21.9 Å². The van der Waals surface area contributed by atoms with Crippen LogP contribution in [0.3, 0.4) is 0 Å². The maximum Gasteiger partial charge on any atom is 0.243 e. The summed E-state index contributed by atoms with van der Waals surface area (Å²) in [6.07, 6.45) is -1.25. The van der Waals surface area contributed by atoms with Crippen LogP contribution in [0.1, 0.15) is 16.7 Å². The van der Waals surface area contributed by atoms with Crippen molar-refractivity contribution >= 4 is 19.9 Å². The Balaban J connectivity index is 2.53. The van der Waals surface area contributed by atoms with Gasteiger partial charge in [-0.2, -0.15) is 4.31 Å². The lowest BCUT2D eigenvalue weighted by atomic mass is 10.1. The zero-order valence-electron chi connectivity index (χ0n) is 14.1. The number of nitrogens with zero attached hydrogens (tertiary/aromatic N) is 1. The first-order valence-corrected chi connectivity index (χ1v) is 10.9. The molecule has 2 atom stereocenters. The molecule has 1 saturated heterocycles. The van der Waals surface area contributed by atoms with Gasteiger partial charge in [-0.25, -0.2) is 16.8 Å². The summed E-state index contributed by atoms with van der Waals surface area (Å²) in [5, 5.41) is 10.1. The highest BCUT2D eigenvalue weighted by atomic mass is 32.2. The fourth-order valence-corrected chi connectivity index (χ4v) is 6.87. The second-order valence-electron chi connectivity index (χ2n) is 6.32. The molecule has 0 aliphatic carbocycles. The number of benzene rings is 1. The minimum absolute atomic E-state index is 0.0341. The van der Waals surface area contributed by atoms with Crippen molar-refractivity contribution in [3.63, 3.8) is 0 Å². The van der Waals surface area contributed by atoms with Crippen LogP contribution in [-0.2, 0) is 19.9 Å². The van der Waals surface area contributed by atoms with Crippen molar-refractivity contribution < 1.29 is 21.9 Å². The summed E-state index contributed by atoms with van der Waals surface area (Å²) in [7, 11) is -7.44. The van der Waals surface area contributed by atoms with Gasteiger partial charge in [-0.05, 0) is 43.5 Å². The molecule has 3 N–H and O–H groups in total. The molecule has 0 bridgehead atoms. The Morgan fingerprint density at radius 3 is 2.25 bits per heavy atom. The van der Waals surface area contributed by atoms with Gasteiger partial charge in [-0.3, -0.25) is 0 Å². The first kappa shape index (κ1) is 19.3. The van der Waals surface area contributed by atoms with Gasteiger partial charge in [0, 0.05) is 13.1 Å². The van der Waals surface area contributed by atoms with E-state index in [0.717, 1.165) is 15.4 Å². The van der Waals surface area contributed by atoms with Gasteiger partial charge in [0.1, 0.15) is 0 Å². The second kappa shape index (κ2) is 6.72. The Bertz CT molecular complexity index is 834. The molecule has 0 radical (unpaired) electrons. The predicted octanol–water partition coefficient (Wildman–Crippen LogP) is -0.281. The van der Waals surface area contributed by atoms with Crippen LogP contribution in [0, 0.1) is 20.8 Å². The number of aliphatic hydroxyl groups is 1. The van der Waals surface area contributed by atoms with Crippen LogP contribution in [0.25, 0.3) is 0 Å². The van der Waals surface area contributed by atoms with E-state index in [-0.39, 0.29) is 18.0 Å². The lowest BCUT2D eigenvalue weighted by Gasteiger charge is -2.29. The van der Waals surface area contributed by atoms with E-state index in [1.165, 1.54) is 0 Å². The second-order valence-corrected chi connectivity index (χ2v) is 10.3. The average Bonchev–Trinajstić information content (AvgIpc) is 2.72. The van der Waals surface area contributed by atoms with Gasteiger partial charge in [0.05, 0.1) is 28.5 Å². The minimum Gasteiger partial charge on any atom is -0.390 e. The van der Waals surface area contributed by atoms with E-state index >= 15 is 0 Å². The molecule has 1 heterocycles. The van der Waals surface area contributed by atoms with Crippen LogP contribution in [0.4, 0.5) is 0 Å². The minimum atomic E-state index is -3.97. The largest absolute Gasteiger partial charge is 0.390 e. The summed E-state index contributed by atoms with van der Waals surface area (Å²) in [5.74, 6) is -0.822. The highest BCUT2D eigenvalue weighted by Gasteiger charge is 2.44. The van der Waals surface area contributed by atoms with E-state index in [1.807, 2.05) is 13.8 Å². The first-order chi connectivity index (χ1) is 11.0. The summed E-state index contributed by atoms with van der Waals surface area (Å²) < 4.78 is 50.8. The fourth-order valence-electron chi connectivity index (χ4n) is 3.02. The molecular weight excluding hydrogens is 352 g/mol. The third kappa shape index (κ3) is 3.65. The number of hydrogen-bond acceptors (Lipinski definition) is 6. The molecule has 136 valence electrons. The van der Waals surface area contributed by atoms with Gasteiger partial charge in [0.15, 0.2) is 9.84 Å². The van der Waals surface area contributed by atoms with E-state index in [4.69, 9.17) is 5.73 Å². The molecule has 2 rings (SSSR count). The number of hydrogen-bond donors (Lipinski definition) is 2. The monoisotopic (exact) mass is 376 g/mol. The Hall–Kier alpha value is -1.00. The summed E-state index contributed by atoms with van der Waals surface area (Å²) in [5.41, 5.74) is 7.92. The summed E-state index contributed by atoms with van der Waals surface area (Å²) in [6.45, 7) is 5.39. The van der Waals surface area contributed by atoms with Crippen molar-refractivity contribution in [2.24, 2.45) is 5.73 Å². The van der Waals surface area contributed by atoms with Crippen molar-refractivity contribution in [3.8, 4) is 0 Å². The maximum atomic E-state index is 13.1. The van der Waals surface area contributed by atoms with Crippen LogP contribution in [0.5, 0.6) is 0 Å². The van der Waals surface area contributed by atoms with Crippen LogP contribution < -0.4 is 5.73 Å². The molecule has 1 aliphatic heterocycles. The van der Waals surface area contributed by atoms with E-state index in [0.29, 0.717) is 5.56 Å². The molecule has 1 aromatic rings. The number of sulfonamides is 1. The van der Waals surface area contributed by atoms with Gasteiger partial charge < -0.3 is 10.8 Å². The highest BCUT2D eigenvalue weighted by Crippen LogP contribution is 2.28. The fraction of sp³-hybridized carbons (Fsp3) is 0.600. The van der Waals surface area contributed by atoms with E-state index in [1.54, 1.807) is 19.1 Å². The highest BCUT2D eigenvalue weighted by molar-refractivity contribution is 7.92. The number of rotatable bonds is 5. The zero-order valence-corrected chi connectivity index (χ0v) is 15.7. The summed E-state index contributed by atoms with van der Waals surface area (Å²) in [4.78, 5) is 0.121. The predicted molar refractivity (Wildman–Crippen MR) is 92.0 cm³/mol. The lowest BCUT2D eigenvalue weighted by Crippen LogP contribution is -2.48. The standard InChI is InChI=1S/C15H24N2O5S2/c1-10-6-12(3)15(7-11(10)2)24(21,22)17(5-4-16)13-8-23(19,20)9-14(13)18/h6-7,13-14,18H,4-5,8-9,16H2,1-3H3/t13-,14+/m1/s1. The van der Waals surface area contributed by atoms with Crippen molar-refractivity contribution in [2.45, 2.75) is 37.8 Å². The van der Waals surface area contributed by atoms with Crippen molar-refractivity contribution in [1.29, 1.82) is 0 Å². The van der Waals surface area contributed by atoms with Crippen molar-refractivity contribution in [2.75, 3.05) is 24.6 Å². The van der Waals surface area contributed by atoms with Crippen molar-refractivity contribution in [1.82, 2.24) is 4.31 Å². The molecule has 0 unspecified atom stereocenters. The van der Waals surface area contributed by atoms with E-state index in [2.05, 4.69) is 0 Å². The number of aryl methyl sites for hydroxylation is 3. The quantitative estimate of drug-likeness (QED) is 0.730. The summed E-state index contributed by atoms with van der Waals surface area (Å²) in [6, 6.07) is 2.36. The molecule has 0 saturated carbocycles. The molecule has 0 spiro atoms. The topological polar surface area (TPSA) is 118 Å². The van der Waals surface area contributed by atoms with Gasteiger partial charge in [0.25, 0.3) is 0 Å². The SMILES string of the molecule is Cc1cc(C)c(S(=O)(=O)N(CCN)[C@@H]2CS(=O)(=O)C[C@@H]2O)cc1C. The van der Waals surface area contributed by atoms with Crippen LogP contribution in [-0.4, -0.2) is 63.0 Å². The average molecular weight is 377 g/mol. The zero-order chi connectivity index (χ0) is 18.3. The molecule has 1 aromatic carbocycles. The number of sulfone groups is 1. The van der Waals surface area contributed by atoms with Crippen molar-refractivity contribution in [3.05, 3.63) is 28.8 Å². The molecule has 0 aromatic heterocycles. The molecule has 7 nitrogen and oxygen atoms in total. The molecule has 24 heavy (non-hydrogen) atoms. The maximum absolute atomic E-state index is 13.1. The van der Waals surface area contributed by atoms with Crippen LogP contribution in [0.15, 0.2) is 17.0 Å². The molecule has 9 heteroatoms. The third-order valence-corrected chi connectivity index (χ3v) is 8.16. The Kier molecular flexibility index (Phi) is 5.41. The lowest BCUT2D eigenvalue weighted by molar-refractivity contribution is 0.129. The third-order valence-electron chi connectivity index (χ3n) is 4.39. The van der Waals surface area contributed by atoms with Gasteiger partial charge in [0.2, 0.25) is 10.0 Å². The summed E-state index contributed by atoms with van der Waals surface area (Å²) >= 11 is 0.